The van der Waals surface area contributed by atoms with E-state index >= 15 is 0 Å². The Hall–Kier alpha value is -1.51. The van der Waals surface area contributed by atoms with Crippen LogP contribution in [0.25, 0.3) is 0 Å². The predicted octanol–water partition coefficient (Wildman–Crippen LogP) is 5.84. The maximum Gasteiger partial charge on any atom is 0.261 e. The molecule has 0 aromatic heterocycles. The molecule has 1 unspecified atom stereocenters. The monoisotopic (exact) mass is 588 g/mol. The van der Waals surface area contributed by atoms with Gasteiger partial charge in [0.15, 0.2) is 6.61 Å². The summed E-state index contributed by atoms with van der Waals surface area (Å²) in [6.45, 7) is 1.65. The highest BCUT2D eigenvalue weighted by Gasteiger charge is 2.29. The lowest BCUT2D eigenvalue weighted by Gasteiger charge is -2.31. The van der Waals surface area contributed by atoms with Gasteiger partial charge in [0.1, 0.15) is 11.8 Å². The summed E-state index contributed by atoms with van der Waals surface area (Å²) in [7, 11) is 0. The number of carbonyl (C=O) groups excluding carboxylic acids is 2. The molecule has 0 aliphatic heterocycles. The number of ether oxygens (including phenoxy) is 1. The minimum atomic E-state index is -0.697. The molecule has 2 aromatic rings. The van der Waals surface area contributed by atoms with Crippen molar-refractivity contribution in [2.24, 2.45) is 0 Å². The van der Waals surface area contributed by atoms with E-state index in [4.69, 9.17) is 27.9 Å². The Labute approximate surface area is 212 Å². The summed E-state index contributed by atoms with van der Waals surface area (Å²) in [4.78, 5) is 27.7. The first-order valence-corrected chi connectivity index (χ1v) is 12.6. The number of carbonyl (C=O) groups is 2. The van der Waals surface area contributed by atoms with Gasteiger partial charge in [0.25, 0.3) is 5.91 Å². The van der Waals surface area contributed by atoms with Gasteiger partial charge in [-0.3, -0.25) is 9.59 Å². The van der Waals surface area contributed by atoms with Crippen LogP contribution in [-0.2, 0) is 16.1 Å². The average molecular weight is 589 g/mol. The Bertz CT molecular complexity index is 913. The molecular weight excluding hydrogens is 562 g/mol. The number of hydrogen-bond acceptors (Lipinski definition) is 3. The second-order valence-corrected chi connectivity index (χ2v) is 10.0. The molecule has 1 saturated carbocycles. The third-order valence-corrected chi connectivity index (χ3v) is 7.11. The summed E-state index contributed by atoms with van der Waals surface area (Å²) in [6.07, 6.45) is 5.37. The number of hydrogen-bond donors (Lipinski definition) is 1. The van der Waals surface area contributed by atoms with Crippen molar-refractivity contribution in [2.45, 2.75) is 57.7 Å². The predicted molar refractivity (Wildman–Crippen MR) is 136 cm³/mol. The minimum Gasteiger partial charge on any atom is -0.484 e. The standard InChI is InChI=1S/C24H27Cl2IN2O3/c1-16(24(31)28-18-6-3-2-4-7-18)29(14-20-21(25)8-5-9-22(20)26)23(30)15-32-19-12-10-17(27)11-13-19/h5,8-13,16,18H,2-4,6-7,14-15H2,1H3,(H,28,31). The van der Waals surface area contributed by atoms with Crippen LogP contribution >= 0.6 is 45.8 Å². The van der Waals surface area contributed by atoms with Gasteiger partial charge in [-0.05, 0) is 78.8 Å². The molecule has 172 valence electrons. The number of nitrogens with one attached hydrogen (secondary N) is 1. The van der Waals surface area contributed by atoms with Gasteiger partial charge in [-0.15, -0.1) is 0 Å². The van der Waals surface area contributed by atoms with Gasteiger partial charge in [0.05, 0.1) is 0 Å². The zero-order valence-corrected chi connectivity index (χ0v) is 21.6. The topological polar surface area (TPSA) is 58.6 Å². The lowest BCUT2D eigenvalue weighted by atomic mass is 9.95. The molecule has 3 rings (SSSR count). The van der Waals surface area contributed by atoms with E-state index < -0.39 is 6.04 Å². The SMILES string of the molecule is CC(C(=O)NC1CCCCC1)N(Cc1c(Cl)cccc1Cl)C(=O)COc1ccc(I)cc1. The number of rotatable bonds is 8. The van der Waals surface area contributed by atoms with E-state index in [1.165, 1.54) is 11.3 Å². The van der Waals surface area contributed by atoms with Crippen LogP contribution in [0.3, 0.4) is 0 Å². The average Bonchev–Trinajstić information content (AvgIpc) is 2.78. The quantitative estimate of drug-likeness (QED) is 0.394. The van der Waals surface area contributed by atoms with Crippen LogP contribution in [0.2, 0.25) is 10.0 Å². The maximum atomic E-state index is 13.2. The van der Waals surface area contributed by atoms with E-state index in [-0.39, 0.29) is 31.0 Å². The first-order valence-electron chi connectivity index (χ1n) is 10.8. The van der Waals surface area contributed by atoms with E-state index in [9.17, 15) is 9.59 Å². The van der Waals surface area contributed by atoms with Gasteiger partial charge < -0.3 is 15.0 Å². The van der Waals surface area contributed by atoms with Gasteiger partial charge in [0, 0.05) is 31.8 Å². The van der Waals surface area contributed by atoms with Crippen LogP contribution in [0.1, 0.15) is 44.6 Å². The van der Waals surface area contributed by atoms with Crippen LogP contribution in [-0.4, -0.2) is 35.4 Å². The summed E-state index contributed by atoms with van der Waals surface area (Å²) in [5.41, 5.74) is 0.607. The highest BCUT2D eigenvalue weighted by atomic mass is 127. The summed E-state index contributed by atoms with van der Waals surface area (Å²) in [6, 6.07) is 12.1. The van der Waals surface area contributed by atoms with Gasteiger partial charge in [-0.2, -0.15) is 0 Å². The highest BCUT2D eigenvalue weighted by Crippen LogP contribution is 2.27. The molecule has 1 N–H and O–H groups in total. The van der Waals surface area contributed by atoms with E-state index in [0.717, 1.165) is 29.3 Å². The lowest BCUT2D eigenvalue weighted by Crippen LogP contribution is -2.51. The maximum absolute atomic E-state index is 13.2. The van der Waals surface area contributed by atoms with Crippen LogP contribution in [0, 0.1) is 3.57 Å². The van der Waals surface area contributed by atoms with Crippen molar-refractivity contribution in [3.8, 4) is 5.75 Å². The van der Waals surface area contributed by atoms with Crippen molar-refractivity contribution in [3.05, 3.63) is 61.6 Å². The molecule has 0 saturated heterocycles. The second kappa shape index (κ2) is 12.1. The molecule has 0 heterocycles. The molecule has 1 fully saturated rings. The van der Waals surface area contributed by atoms with Crippen LogP contribution < -0.4 is 10.1 Å². The molecule has 0 radical (unpaired) electrons. The summed E-state index contributed by atoms with van der Waals surface area (Å²) < 4.78 is 6.76. The lowest BCUT2D eigenvalue weighted by molar-refractivity contribution is -0.142. The second-order valence-electron chi connectivity index (χ2n) is 7.98. The van der Waals surface area contributed by atoms with Gasteiger partial charge >= 0.3 is 0 Å². The van der Waals surface area contributed by atoms with Crippen molar-refractivity contribution < 1.29 is 14.3 Å². The number of halogens is 3. The fraction of sp³-hybridized carbons (Fsp3) is 0.417. The van der Waals surface area contributed by atoms with Crippen LogP contribution in [0.15, 0.2) is 42.5 Å². The summed E-state index contributed by atoms with van der Waals surface area (Å²) >= 11 is 14.9. The van der Waals surface area contributed by atoms with Gasteiger partial charge in [-0.25, -0.2) is 0 Å². The van der Waals surface area contributed by atoms with E-state index in [1.54, 1.807) is 25.1 Å². The molecule has 8 heteroatoms. The third kappa shape index (κ3) is 6.99. The Balaban J connectivity index is 1.75. The van der Waals surface area contributed by atoms with Crippen molar-refractivity contribution in [1.82, 2.24) is 10.2 Å². The first kappa shape index (κ1) is 25.1. The minimum absolute atomic E-state index is 0.118. The van der Waals surface area contributed by atoms with Gasteiger partial charge in [0.2, 0.25) is 5.91 Å². The highest BCUT2D eigenvalue weighted by molar-refractivity contribution is 14.1. The van der Waals surface area contributed by atoms with E-state index in [1.807, 2.05) is 24.3 Å². The number of nitrogens with zero attached hydrogens (tertiary/aromatic N) is 1. The van der Waals surface area contributed by atoms with Crippen molar-refractivity contribution in [1.29, 1.82) is 0 Å². The van der Waals surface area contributed by atoms with E-state index in [2.05, 4.69) is 27.9 Å². The molecule has 1 atom stereocenters. The Morgan fingerprint density at radius 3 is 2.34 bits per heavy atom. The molecule has 5 nitrogen and oxygen atoms in total. The summed E-state index contributed by atoms with van der Waals surface area (Å²) in [5.74, 6) is 0.0994. The molecule has 0 bridgehead atoms. The molecule has 1 aliphatic carbocycles. The Morgan fingerprint density at radius 2 is 1.72 bits per heavy atom. The molecule has 1 aliphatic rings. The molecule has 32 heavy (non-hydrogen) atoms. The van der Waals surface area contributed by atoms with E-state index in [0.29, 0.717) is 21.4 Å². The van der Waals surface area contributed by atoms with Crippen LogP contribution in [0.5, 0.6) is 5.75 Å². The number of amides is 2. The first-order chi connectivity index (χ1) is 15.3. The van der Waals surface area contributed by atoms with Gasteiger partial charge in [-0.1, -0.05) is 48.5 Å². The number of benzene rings is 2. The Morgan fingerprint density at radius 1 is 1.09 bits per heavy atom. The zero-order valence-electron chi connectivity index (χ0n) is 18.0. The molecule has 0 spiro atoms. The third-order valence-electron chi connectivity index (χ3n) is 5.68. The molecule has 2 aromatic carbocycles. The smallest absolute Gasteiger partial charge is 0.261 e. The largest absolute Gasteiger partial charge is 0.484 e. The fourth-order valence-corrected chi connectivity index (χ4v) is 4.64. The molecule has 2 amide bonds. The Kier molecular flexibility index (Phi) is 9.49. The fourth-order valence-electron chi connectivity index (χ4n) is 3.76. The van der Waals surface area contributed by atoms with Crippen molar-refractivity contribution >= 4 is 57.6 Å². The zero-order chi connectivity index (χ0) is 23.1. The van der Waals surface area contributed by atoms with Crippen LogP contribution in [0.4, 0.5) is 0 Å². The normalized spacial score (nSPS) is 15.1. The molecular formula is C24H27Cl2IN2O3. The van der Waals surface area contributed by atoms with Crippen molar-refractivity contribution in [2.75, 3.05) is 6.61 Å². The summed E-state index contributed by atoms with van der Waals surface area (Å²) in [5, 5.41) is 4.01. The van der Waals surface area contributed by atoms with Crippen molar-refractivity contribution in [3.63, 3.8) is 0 Å².